The molecule has 0 heterocycles. The number of allylic oxidation sites excluding steroid dienone is 4. The molecule has 0 unspecified atom stereocenters. The minimum atomic E-state index is -0.289. The maximum absolute atomic E-state index is 11.8. The van der Waals surface area contributed by atoms with Crippen LogP contribution in [0.15, 0.2) is 72.8 Å². The van der Waals surface area contributed by atoms with Crippen molar-refractivity contribution in [1.82, 2.24) is 0 Å². The maximum Gasteiger partial charge on any atom is 0.338 e. The lowest BCUT2D eigenvalue weighted by Crippen LogP contribution is -2.05. The minimum absolute atomic E-state index is 0.289. The predicted molar refractivity (Wildman–Crippen MR) is 121 cm³/mol. The van der Waals surface area contributed by atoms with Gasteiger partial charge in [-0.15, -0.1) is 0 Å². The van der Waals surface area contributed by atoms with Crippen molar-refractivity contribution in [3.63, 3.8) is 0 Å². The lowest BCUT2D eigenvalue weighted by Gasteiger charge is -2.03. The Morgan fingerprint density at radius 1 is 0.633 bits per heavy atom. The summed E-state index contributed by atoms with van der Waals surface area (Å²) in [6.45, 7) is 4.81. The van der Waals surface area contributed by atoms with Gasteiger partial charge in [-0.1, -0.05) is 74.6 Å². The van der Waals surface area contributed by atoms with Crippen molar-refractivity contribution < 1.29 is 19.1 Å². The summed E-state index contributed by atoms with van der Waals surface area (Å²) in [6.07, 6.45) is 13.3. The van der Waals surface area contributed by atoms with Gasteiger partial charge < -0.3 is 9.47 Å². The van der Waals surface area contributed by atoms with Crippen molar-refractivity contribution in [2.45, 2.75) is 26.7 Å². The van der Waals surface area contributed by atoms with Crippen LogP contribution in [0, 0.1) is 0 Å². The van der Waals surface area contributed by atoms with Crippen LogP contribution >= 0.6 is 0 Å². The van der Waals surface area contributed by atoms with Gasteiger partial charge in [0.15, 0.2) is 0 Å². The molecule has 4 nitrogen and oxygen atoms in total. The van der Waals surface area contributed by atoms with Crippen LogP contribution < -0.4 is 0 Å². The molecule has 0 saturated carbocycles. The maximum atomic E-state index is 11.8. The quantitative estimate of drug-likeness (QED) is 0.354. The fourth-order valence-electron chi connectivity index (χ4n) is 2.48. The minimum Gasteiger partial charge on any atom is -0.462 e. The molecule has 0 bridgehead atoms. The molecule has 2 aromatic rings. The van der Waals surface area contributed by atoms with Crippen LogP contribution in [-0.4, -0.2) is 25.2 Å². The lowest BCUT2D eigenvalue weighted by atomic mass is 10.1. The highest BCUT2D eigenvalue weighted by Gasteiger charge is 2.06. The molecule has 30 heavy (non-hydrogen) atoms. The largest absolute Gasteiger partial charge is 0.462 e. The molecular weight excluding hydrogens is 376 g/mol. The first-order valence-electron chi connectivity index (χ1n) is 10.2. The normalized spacial score (nSPS) is 11.4. The van der Waals surface area contributed by atoms with Gasteiger partial charge >= 0.3 is 11.9 Å². The first kappa shape index (κ1) is 22.9. The molecule has 0 saturated heterocycles. The SMILES string of the molecule is CCCOC(=O)c1ccc(/C=C/C=C/C=C/c2ccc(C(=O)OCCC)cc2)cc1. The highest BCUT2D eigenvalue weighted by Crippen LogP contribution is 2.09. The van der Waals surface area contributed by atoms with E-state index in [4.69, 9.17) is 9.47 Å². The van der Waals surface area contributed by atoms with E-state index in [0.29, 0.717) is 24.3 Å². The highest BCUT2D eigenvalue weighted by molar-refractivity contribution is 5.90. The summed E-state index contributed by atoms with van der Waals surface area (Å²) in [5, 5.41) is 0. The van der Waals surface area contributed by atoms with Gasteiger partial charge in [-0.05, 0) is 48.2 Å². The topological polar surface area (TPSA) is 52.6 Å². The van der Waals surface area contributed by atoms with Gasteiger partial charge in [0.2, 0.25) is 0 Å². The zero-order valence-electron chi connectivity index (χ0n) is 17.5. The van der Waals surface area contributed by atoms with E-state index in [0.717, 1.165) is 24.0 Å². The Bertz CT molecular complexity index is 812. The molecule has 156 valence electrons. The monoisotopic (exact) mass is 404 g/mol. The summed E-state index contributed by atoms with van der Waals surface area (Å²) in [5.74, 6) is -0.577. The van der Waals surface area contributed by atoms with E-state index in [1.54, 1.807) is 24.3 Å². The van der Waals surface area contributed by atoms with Crippen LogP contribution in [-0.2, 0) is 9.47 Å². The standard InChI is InChI=1S/C26H28O4/c1-3-19-29-25(27)23-15-11-21(12-16-23)9-7-5-6-8-10-22-13-17-24(18-14-22)26(28)30-20-4-2/h5-18H,3-4,19-20H2,1-2H3/b6-5+,9-7+,10-8+. The molecule has 0 spiro atoms. The van der Waals surface area contributed by atoms with Gasteiger partial charge in [-0.2, -0.15) is 0 Å². The summed E-state index contributed by atoms with van der Waals surface area (Å²) in [6, 6.07) is 14.6. The number of carbonyl (C=O) groups excluding carboxylic acids is 2. The van der Waals surface area contributed by atoms with Gasteiger partial charge in [0, 0.05) is 0 Å². The number of ether oxygens (including phenoxy) is 2. The highest BCUT2D eigenvalue weighted by atomic mass is 16.5. The second-order valence-corrected chi connectivity index (χ2v) is 6.62. The number of hydrogen-bond acceptors (Lipinski definition) is 4. The van der Waals surface area contributed by atoms with Crippen molar-refractivity contribution in [2.24, 2.45) is 0 Å². The van der Waals surface area contributed by atoms with Gasteiger partial charge in [0.1, 0.15) is 0 Å². The third-order valence-electron chi connectivity index (χ3n) is 4.08. The Morgan fingerprint density at radius 3 is 1.33 bits per heavy atom. The summed E-state index contributed by atoms with van der Waals surface area (Å²) in [5.41, 5.74) is 3.12. The molecule has 0 aliphatic rings. The molecule has 0 aromatic heterocycles. The van der Waals surface area contributed by atoms with Crippen molar-refractivity contribution in [3.05, 3.63) is 95.1 Å². The molecule has 0 radical (unpaired) electrons. The van der Waals surface area contributed by atoms with E-state index in [9.17, 15) is 9.59 Å². The van der Waals surface area contributed by atoms with Crippen molar-refractivity contribution in [3.8, 4) is 0 Å². The molecule has 0 amide bonds. The molecule has 0 atom stereocenters. The molecule has 0 N–H and O–H groups in total. The van der Waals surface area contributed by atoms with Gasteiger partial charge in [-0.3, -0.25) is 0 Å². The first-order valence-corrected chi connectivity index (χ1v) is 10.2. The lowest BCUT2D eigenvalue weighted by molar-refractivity contribution is 0.0496. The molecule has 2 aromatic carbocycles. The Kier molecular flexibility index (Phi) is 9.87. The summed E-state index contributed by atoms with van der Waals surface area (Å²) >= 11 is 0. The Labute approximate surface area is 178 Å². The Balaban J connectivity index is 1.82. The number of carbonyl (C=O) groups is 2. The molecule has 2 rings (SSSR count). The fraction of sp³-hybridized carbons (Fsp3) is 0.231. The van der Waals surface area contributed by atoms with Gasteiger partial charge in [0.25, 0.3) is 0 Å². The van der Waals surface area contributed by atoms with E-state index in [1.807, 2.05) is 74.6 Å². The Morgan fingerprint density at radius 2 is 1.00 bits per heavy atom. The van der Waals surface area contributed by atoms with Gasteiger partial charge in [-0.25, -0.2) is 9.59 Å². The van der Waals surface area contributed by atoms with Crippen LogP contribution in [0.1, 0.15) is 58.5 Å². The van der Waals surface area contributed by atoms with E-state index >= 15 is 0 Å². The van der Waals surface area contributed by atoms with E-state index < -0.39 is 0 Å². The molecular formula is C26H28O4. The summed E-state index contributed by atoms with van der Waals surface area (Å²) in [7, 11) is 0. The zero-order chi connectivity index (χ0) is 21.6. The number of hydrogen-bond donors (Lipinski definition) is 0. The Hall–Kier alpha value is -3.40. The second-order valence-electron chi connectivity index (χ2n) is 6.62. The predicted octanol–water partition coefficient (Wildman–Crippen LogP) is 6.10. The summed E-state index contributed by atoms with van der Waals surface area (Å²) < 4.78 is 10.2. The molecule has 0 aliphatic heterocycles. The van der Waals surface area contributed by atoms with E-state index in [2.05, 4.69) is 0 Å². The smallest absolute Gasteiger partial charge is 0.338 e. The van der Waals surface area contributed by atoms with Crippen LogP contribution in [0.3, 0.4) is 0 Å². The van der Waals surface area contributed by atoms with Crippen molar-refractivity contribution in [1.29, 1.82) is 0 Å². The second kappa shape index (κ2) is 12.9. The van der Waals surface area contributed by atoms with E-state index in [-0.39, 0.29) is 11.9 Å². The van der Waals surface area contributed by atoms with Crippen molar-refractivity contribution >= 4 is 24.1 Å². The van der Waals surface area contributed by atoms with Gasteiger partial charge in [0.05, 0.1) is 24.3 Å². The fourth-order valence-corrected chi connectivity index (χ4v) is 2.48. The van der Waals surface area contributed by atoms with Crippen molar-refractivity contribution in [2.75, 3.05) is 13.2 Å². The zero-order valence-corrected chi connectivity index (χ0v) is 17.5. The third kappa shape index (κ3) is 7.92. The number of rotatable bonds is 10. The average Bonchev–Trinajstić information content (AvgIpc) is 2.78. The van der Waals surface area contributed by atoms with E-state index in [1.165, 1.54) is 0 Å². The van der Waals surface area contributed by atoms with Crippen LogP contribution in [0.2, 0.25) is 0 Å². The summed E-state index contributed by atoms with van der Waals surface area (Å²) in [4.78, 5) is 23.6. The van der Waals surface area contributed by atoms with Crippen LogP contribution in [0.4, 0.5) is 0 Å². The molecule has 4 heteroatoms. The molecule has 0 fully saturated rings. The average molecular weight is 405 g/mol. The molecule has 0 aliphatic carbocycles. The number of benzene rings is 2. The first-order chi connectivity index (χ1) is 14.6. The van der Waals surface area contributed by atoms with Crippen LogP contribution in [0.25, 0.3) is 12.2 Å². The van der Waals surface area contributed by atoms with Crippen LogP contribution in [0.5, 0.6) is 0 Å². The third-order valence-corrected chi connectivity index (χ3v) is 4.08. The number of esters is 2.